The van der Waals surface area contributed by atoms with Crippen molar-refractivity contribution in [2.75, 3.05) is 5.75 Å². The van der Waals surface area contributed by atoms with Crippen molar-refractivity contribution in [3.8, 4) is 0 Å². The van der Waals surface area contributed by atoms with E-state index in [1.165, 1.54) is 57.1 Å². The first-order valence-corrected chi connectivity index (χ1v) is 8.42. The van der Waals surface area contributed by atoms with Crippen LogP contribution in [0.1, 0.15) is 58.3 Å². The van der Waals surface area contributed by atoms with Gasteiger partial charge in [0.05, 0.1) is 0 Å². The summed E-state index contributed by atoms with van der Waals surface area (Å²) in [5.41, 5.74) is 3.09. The second kappa shape index (κ2) is 7.01. The molecule has 3 N–H and O–H groups in total. The van der Waals surface area contributed by atoms with Crippen molar-refractivity contribution in [3.05, 3.63) is 0 Å². The van der Waals surface area contributed by atoms with Crippen molar-refractivity contribution in [2.45, 2.75) is 69.6 Å². The van der Waals surface area contributed by atoms with Gasteiger partial charge in [-0.3, -0.25) is 11.3 Å². The Morgan fingerprint density at radius 2 is 1.76 bits per heavy atom. The zero-order valence-electron chi connectivity index (χ0n) is 11.2. The Balaban J connectivity index is 1.71. The average Bonchev–Trinajstić information content (AvgIpc) is 2.85. The summed E-state index contributed by atoms with van der Waals surface area (Å²) in [4.78, 5) is 0. The van der Waals surface area contributed by atoms with Crippen LogP contribution in [0.4, 0.5) is 0 Å². The molecule has 3 heteroatoms. The van der Waals surface area contributed by atoms with E-state index in [1.54, 1.807) is 0 Å². The molecule has 17 heavy (non-hydrogen) atoms. The second-order valence-electron chi connectivity index (χ2n) is 6.03. The zero-order chi connectivity index (χ0) is 12.1. The maximum atomic E-state index is 5.76. The first-order valence-electron chi connectivity index (χ1n) is 7.37. The van der Waals surface area contributed by atoms with Gasteiger partial charge in [0.2, 0.25) is 0 Å². The van der Waals surface area contributed by atoms with Gasteiger partial charge in [0.25, 0.3) is 0 Å². The van der Waals surface area contributed by atoms with Crippen LogP contribution in [0.15, 0.2) is 0 Å². The Morgan fingerprint density at radius 3 is 2.35 bits per heavy atom. The fraction of sp³-hybridized carbons (Fsp3) is 1.00. The molecule has 0 aromatic rings. The van der Waals surface area contributed by atoms with Crippen LogP contribution in [0.5, 0.6) is 0 Å². The molecule has 0 bridgehead atoms. The summed E-state index contributed by atoms with van der Waals surface area (Å²) in [6.45, 7) is 2.38. The standard InChI is InChI=1S/C14H28N2S/c1-11-6-8-12(9-7-11)14(16-15)10-17-13-4-2-3-5-13/h11-14,16H,2-10,15H2,1H3. The van der Waals surface area contributed by atoms with Crippen LogP contribution in [0.2, 0.25) is 0 Å². The number of hydrazine groups is 1. The van der Waals surface area contributed by atoms with Crippen molar-refractivity contribution in [1.29, 1.82) is 0 Å². The van der Waals surface area contributed by atoms with Crippen LogP contribution in [0.25, 0.3) is 0 Å². The van der Waals surface area contributed by atoms with E-state index in [-0.39, 0.29) is 0 Å². The summed E-state index contributed by atoms with van der Waals surface area (Å²) in [5.74, 6) is 8.74. The van der Waals surface area contributed by atoms with Crippen LogP contribution in [-0.4, -0.2) is 17.0 Å². The average molecular weight is 256 g/mol. The van der Waals surface area contributed by atoms with Crippen molar-refractivity contribution in [1.82, 2.24) is 5.43 Å². The monoisotopic (exact) mass is 256 g/mol. The molecule has 100 valence electrons. The molecule has 0 amide bonds. The van der Waals surface area contributed by atoms with Gasteiger partial charge in [-0.05, 0) is 37.5 Å². The molecular weight excluding hydrogens is 228 g/mol. The molecule has 1 unspecified atom stereocenters. The lowest BCUT2D eigenvalue weighted by Gasteiger charge is -2.32. The largest absolute Gasteiger partial charge is 0.271 e. The van der Waals surface area contributed by atoms with Crippen LogP contribution < -0.4 is 11.3 Å². The van der Waals surface area contributed by atoms with Gasteiger partial charge < -0.3 is 0 Å². The van der Waals surface area contributed by atoms with Gasteiger partial charge in [-0.1, -0.05) is 32.6 Å². The van der Waals surface area contributed by atoms with Crippen LogP contribution in [0.3, 0.4) is 0 Å². The van der Waals surface area contributed by atoms with Crippen molar-refractivity contribution < 1.29 is 0 Å². The fourth-order valence-corrected chi connectivity index (χ4v) is 4.82. The predicted molar refractivity (Wildman–Crippen MR) is 76.9 cm³/mol. The minimum absolute atomic E-state index is 0.549. The highest BCUT2D eigenvalue weighted by Crippen LogP contribution is 2.34. The minimum atomic E-state index is 0.549. The molecule has 1 atom stereocenters. The van der Waals surface area contributed by atoms with E-state index < -0.39 is 0 Å². The van der Waals surface area contributed by atoms with Crippen LogP contribution in [-0.2, 0) is 0 Å². The maximum absolute atomic E-state index is 5.76. The molecule has 0 aromatic heterocycles. The van der Waals surface area contributed by atoms with Gasteiger partial charge >= 0.3 is 0 Å². The lowest BCUT2D eigenvalue weighted by atomic mass is 9.80. The summed E-state index contributed by atoms with van der Waals surface area (Å²) in [5, 5.41) is 0.924. The Kier molecular flexibility index (Phi) is 5.64. The smallest absolute Gasteiger partial charge is 0.0329 e. The van der Waals surface area contributed by atoms with Gasteiger partial charge in [-0.15, -0.1) is 0 Å². The quantitative estimate of drug-likeness (QED) is 0.585. The number of nitrogens with one attached hydrogen (secondary N) is 1. The van der Waals surface area contributed by atoms with Crippen molar-refractivity contribution >= 4 is 11.8 Å². The highest BCUT2D eigenvalue weighted by Gasteiger charge is 2.26. The molecule has 2 aliphatic carbocycles. The van der Waals surface area contributed by atoms with E-state index in [2.05, 4.69) is 24.1 Å². The van der Waals surface area contributed by atoms with E-state index in [0.29, 0.717) is 6.04 Å². The Labute approximate surface area is 110 Å². The van der Waals surface area contributed by atoms with E-state index in [0.717, 1.165) is 17.1 Å². The Hall–Kier alpha value is 0.270. The first kappa shape index (κ1) is 13.7. The molecule has 2 nitrogen and oxygen atoms in total. The third-order valence-electron chi connectivity index (χ3n) is 4.66. The molecule has 0 radical (unpaired) electrons. The molecule has 2 saturated carbocycles. The first-order chi connectivity index (χ1) is 8.29. The summed E-state index contributed by atoms with van der Waals surface area (Å²) in [7, 11) is 0. The topological polar surface area (TPSA) is 38.0 Å². The number of nitrogens with two attached hydrogens (primary N) is 1. The Bertz CT molecular complexity index is 208. The summed E-state index contributed by atoms with van der Waals surface area (Å²) < 4.78 is 0. The third kappa shape index (κ3) is 4.15. The maximum Gasteiger partial charge on any atom is 0.0329 e. The summed E-state index contributed by atoms with van der Waals surface area (Å²) in [6.07, 6.45) is 11.3. The molecule has 0 aromatic carbocycles. The fourth-order valence-electron chi connectivity index (χ4n) is 3.30. The molecule has 2 fully saturated rings. The van der Waals surface area contributed by atoms with Gasteiger partial charge in [-0.25, -0.2) is 0 Å². The number of hydrogen-bond donors (Lipinski definition) is 2. The van der Waals surface area contributed by atoms with E-state index in [1.807, 2.05) is 0 Å². The molecular formula is C14H28N2S. The molecule has 0 heterocycles. The summed E-state index contributed by atoms with van der Waals surface area (Å²) >= 11 is 2.17. The van der Waals surface area contributed by atoms with Gasteiger partial charge in [-0.2, -0.15) is 11.8 Å². The third-order valence-corrected chi connectivity index (χ3v) is 6.15. The SMILES string of the molecule is CC1CCC(C(CSC2CCCC2)NN)CC1. The van der Waals surface area contributed by atoms with Crippen LogP contribution >= 0.6 is 11.8 Å². The van der Waals surface area contributed by atoms with Gasteiger partial charge in [0.15, 0.2) is 0 Å². The van der Waals surface area contributed by atoms with Crippen molar-refractivity contribution in [3.63, 3.8) is 0 Å². The molecule has 2 aliphatic rings. The minimum Gasteiger partial charge on any atom is -0.271 e. The van der Waals surface area contributed by atoms with E-state index in [9.17, 15) is 0 Å². The second-order valence-corrected chi connectivity index (χ2v) is 7.37. The predicted octanol–water partition coefficient (Wildman–Crippen LogP) is 3.32. The van der Waals surface area contributed by atoms with Gasteiger partial charge in [0, 0.05) is 17.0 Å². The molecule has 0 spiro atoms. The normalized spacial score (nSPS) is 32.8. The Morgan fingerprint density at radius 1 is 1.12 bits per heavy atom. The lowest BCUT2D eigenvalue weighted by Crippen LogP contribution is -2.44. The van der Waals surface area contributed by atoms with E-state index in [4.69, 9.17) is 5.84 Å². The summed E-state index contributed by atoms with van der Waals surface area (Å²) in [6, 6.07) is 0.549. The van der Waals surface area contributed by atoms with Crippen LogP contribution in [0, 0.1) is 11.8 Å². The zero-order valence-corrected chi connectivity index (χ0v) is 12.0. The molecule has 0 saturated heterocycles. The number of rotatable bonds is 5. The number of hydrogen-bond acceptors (Lipinski definition) is 3. The van der Waals surface area contributed by atoms with Gasteiger partial charge in [0.1, 0.15) is 0 Å². The highest BCUT2D eigenvalue weighted by atomic mass is 32.2. The van der Waals surface area contributed by atoms with Crippen molar-refractivity contribution in [2.24, 2.45) is 17.7 Å². The molecule has 2 rings (SSSR count). The van der Waals surface area contributed by atoms with E-state index >= 15 is 0 Å². The molecule has 0 aliphatic heterocycles. The highest BCUT2D eigenvalue weighted by molar-refractivity contribution is 7.99. The number of thioether (sulfide) groups is 1. The lowest BCUT2D eigenvalue weighted by molar-refractivity contribution is 0.242.